The highest BCUT2D eigenvalue weighted by Crippen LogP contribution is 2.36. The van der Waals surface area contributed by atoms with Gasteiger partial charge in [0.2, 0.25) is 5.91 Å². The van der Waals surface area contributed by atoms with Crippen molar-refractivity contribution in [2.45, 2.75) is 32.4 Å². The molecule has 1 fully saturated rings. The number of benzene rings is 1. The summed E-state index contributed by atoms with van der Waals surface area (Å²) < 4.78 is 10.8. The summed E-state index contributed by atoms with van der Waals surface area (Å²) in [6, 6.07) is 3.54. The predicted molar refractivity (Wildman–Crippen MR) is 82.0 cm³/mol. The van der Waals surface area contributed by atoms with Crippen LogP contribution in [0.25, 0.3) is 0 Å². The first kappa shape index (κ1) is 15.9. The second-order valence-corrected chi connectivity index (χ2v) is 5.32. The summed E-state index contributed by atoms with van der Waals surface area (Å²) in [7, 11) is 1.57. The molecular weight excluding hydrogens is 292 g/mol. The summed E-state index contributed by atoms with van der Waals surface area (Å²) in [5.41, 5.74) is 0.881. The summed E-state index contributed by atoms with van der Waals surface area (Å²) in [6.45, 7) is 3.72. The molecule has 1 aromatic carbocycles. The Morgan fingerprint density at radius 2 is 2.33 bits per heavy atom. The second-order valence-electron chi connectivity index (χ2n) is 4.91. The lowest BCUT2D eigenvalue weighted by molar-refractivity contribution is -0.122. The molecule has 1 aliphatic heterocycles. The molecule has 116 valence electrons. The number of carbonyl (C=O) groups is 1. The van der Waals surface area contributed by atoms with E-state index >= 15 is 0 Å². The molecule has 0 aliphatic carbocycles. The van der Waals surface area contributed by atoms with Gasteiger partial charge in [-0.25, -0.2) is 0 Å². The Kier molecular flexibility index (Phi) is 5.70. The van der Waals surface area contributed by atoms with E-state index in [1.54, 1.807) is 13.2 Å². The van der Waals surface area contributed by atoms with Crippen molar-refractivity contribution in [1.82, 2.24) is 10.6 Å². The Hall–Kier alpha value is -1.46. The molecule has 0 radical (unpaired) electrons. The Labute approximate surface area is 130 Å². The molecule has 1 saturated heterocycles. The number of halogens is 1. The highest BCUT2D eigenvalue weighted by atomic mass is 35.5. The first-order chi connectivity index (χ1) is 10.2. The monoisotopic (exact) mass is 312 g/mol. The average molecular weight is 313 g/mol. The molecule has 0 aromatic heterocycles. The van der Waals surface area contributed by atoms with Crippen molar-refractivity contribution >= 4 is 17.5 Å². The highest BCUT2D eigenvalue weighted by Gasteiger charge is 2.21. The van der Waals surface area contributed by atoms with Crippen LogP contribution in [0.4, 0.5) is 0 Å². The maximum atomic E-state index is 12.0. The lowest BCUT2D eigenvalue weighted by atomic mass is 10.1. The highest BCUT2D eigenvalue weighted by molar-refractivity contribution is 6.32. The van der Waals surface area contributed by atoms with E-state index < -0.39 is 0 Å². The number of ether oxygens (including phenoxy) is 2. The van der Waals surface area contributed by atoms with Gasteiger partial charge in [0.05, 0.1) is 24.8 Å². The normalized spacial score (nSPS) is 17.6. The van der Waals surface area contributed by atoms with Crippen LogP contribution in [-0.4, -0.2) is 32.2 Å². The molecule has 2 rings (SSSR count). The molecule has 2 N–H and O–H groups in total. The third kappa shape index (κ3) is 4.02. The molecular formula is C15H21ClN2O3. The van der Waals surface area contributed by atoms with Gasteiger partial charge in [-0.1, -0.05) is 11.6 Å². The van der Waals surface area contributed by atoms with Crippen molar-refractivity contribution in [3.8, 4) is 11.5 Å². The molecule has 0 spiro atoms. The minimum absolute atomic E-state index is 0.0245. The zero-order chi connectivity index (χ0) is 15.2. The molecule has 1 aliphatic rings. The van der Waals surface area contributed by atoms with Gasteiger partial charge in [0.15, 0.2) is 11.5 Å². The fraction of sp³-hybridized carbons (Fsp3) is 0.533. The summed E-state index contributed by atoms with van der Waals surface area (Å²) in [6.07, 6.45) is 1.93. The van der Waals surface area contributed by atoms with Crippen LogP contribution in [0.3, 0.4) is 0 Å². The maximum absolute atomic E-state index is 12.0. The van der Waals surface area contributed by atoms with E-state index in [-0.39, 0.29) is 11.9 Å². The standard InChI is InChI=1S/C15H21ClN2O3/c1-3-21-14-11(16)7-10(8-13(14)20-2)9-18-15(19)12-5-4-6-17-12/h7-8,12,17H,3-6,9H2,1-2H3,(H,18,19). The van der Waals surface area contributed by atoms with Crippen molar-refractivity contribution in [1.29, 1.82) is 0 Å². The molecule has 5 nitrogen and oxygen atoms in total. The second kappa shape index (κ2) is 7.52. The molecule has 1 amide bonds. The van der Waals surface area contributed by atoms with Crippen LogP contribution in [0.2, 0.25) is 5.02 Å². The summed E-state index contributed by atoms with van der Waals surface area (Å²) >= 11 is 6.20. The van der Waals surface area contributed by atoms with Gasteiger partial charge in [0.1, 0.15) is 0 Å². The fourth-order valence-electron chi connectivity index (χ4n) is 2.38. The largest absolute Gasteiger partial charge is 0.493 e. The van der Waals surface area contributed by atoms with Crippen molar-refractivity contribution in [2.75, 3.05) is 20.3 Å². The van der Waals surface area contributed by atoms with Gasteiger partial charge < -0.3 is 20.1 Å². The van der Waals surface area contributed by atoms with Crippen molar-refractivity contribution in [3.05, 3.63) is 22.7 Å². The number of carbonyl (C=O) groups excluding carboxylic acids is 1. The zero-order valence-electron chi connectivity index (χ0n) is 12.4. The third-order valence-corrected chi connectivity index (χ3v) is 3.70. The summed E-state index contributed by atoms with van der Waals surface area (Å²) in [5, 5.41) is 6.57. The molecule has 0 saturated carbocycles. The number of hydrogen-bond acceptors (Lipinski definition) is 4. The molecule has 1 aromatic rings. The van der Waals surface area contributed by atoms with E-state index in [0.717, 1.165) is 24.9 Å². The molecule has 21 heavy (non-hydrogen) atoms. The van der Waals surface area contributed by atoms with Crippen LogP contribution in [0, 0.1) is 0 Å². The van der Waals surface area contributed by atoms with Gasteiger partial charge in [-0.15, -0.1) is 0 Å². The number of amides is 1. The van der Waals surface area contributed by atoms with Crippen molar-refractivity contribution in [3.63, 3.8) is 0 Å². The Morgan fingerprint density at radius 3 is 2.95 bits per heavy atom. The van der Waals surface area contributed by atoms with Gasteiger partial charge >= 0.3 is 0 Å². The maximum Gasteiger partial charge on any atom is 0.237 e. The van der Waals surface area contributed by atoms with Crippen molar-refractivity contribution in [2.24, 2.45) is 0 Å². The van der Waals surface area contributed by atoms with Gasteiger partial charge in [-0.3, -0.25) is 4.79 Å². The van der Waals surface area contributed by atoms with Gasteiger partial charge in [-0.05, 0) is 44.0 Å². The molecule has 1 atom stereocenters. The van der Waals surface area contributed by atoms with Crippen LogP contribution in [0.1, 0.15) is 25.3 Å². The van der Waals surface area contributed by atoms with Crippen LogP contribution in [-0.2, 0) is 11.3 Å². The SMILES string of the molecule is CCOc1c(Cl)cc(CNC(=O)C2CCCN2)cc1OC. The van der Waals surface area contributed by atoms with Crippen LogP contribution in [0.5, 0.6) is 11.5 Å². The fourth-order valence-corrected chi connectivity index (χ4v) is 2.67. The molecule has 6 heteroatoms. The predicted octanol–water partition coefficient (Wildman–Crippen LogP) is 2.12. The minimum Gasteiger partial charge on any atom is -0.493 e. The lowest BCUT2D eigenvalue weighted by Gasteiger charge is -2.15. The van der Waals surface area contributed by atoms with E-state index in [4.69, 9.17) is 21.1 Å². The third-order valence-electron chi connectivity index (χ3n) is 3.42. The Morgan fingerprint density at radius 1 is 1.52 bits per heavy atom. The average Bonchev–Trinajstić information content (AvgIpc) is 3.01. The molecule has 1 unspecified atom stereocenters. The topological polar surface area (TPSA) is 59.6 Å². The van der Waals surface area contributed by atoms with E-state index in [9.17, 15) is 4.79 Å². The summed E-state index contributed by atoms with van der Waals surface area (Å²) in [4.78, 5) is 12.0. The van der Waals surface area contributed by atoms with E-state index in [0.29, 0.717) is 29.7 Å². The van der Waals surface area contributed by atoms with Gasteiger partial charge in [-0.2, -0.15) is 0 Å². The van der Waals surface area contributed by atoms with Crippen LogP contribution < -0.4 is 20.1 Å². The number of methoxy groups -OCH3 is 1. The van der Waals surface area contributed by atoms with E-state index in [2.05, 4.69) is 10.6 Å². The Balaban J connectivity index is 2.02. The molecule has 1 heterocycles. The van der Waals surface area contributed by atoms with Gasteiger partial charge in [0.25, 0.3) is 0 Å². The number of rotatable bonds is 6. The Bertz CT molecular complexity index is 502. The number of hydrogen-bond donors (Lipinski definition) is 2. The minimum atomic E-state index is -0.0786. The number of nitrogens with one attached hydrogen (secondary N) is 2. The zero-order valence-corrected chi connectivity index (χ0v) is 13.1. The van der Waals surface area contributed by atoms with E-state index in [1.807, 2.05) is 13.0 Å². The van der Waals surface area contributed by atoms with Gasteiger partial charge in [0, 0.05) is 6.54 Å². The molecule has 0 bridgehead atoms. The van der Waals surface area contributed by atoms with Crippen LogP contribution >= 0.6 is 11.6 Å². The quantitative estimate of drug-likeness (QED) is 0.844. The van der Waals surface area contributed by atoms with Crippen molar-refractivity contribution < 1.29 is 14.3 Å². The van der Waals surface area contributed by atoms with Crippen LogP contribution in [0.15, 0.2) is 12.1 Å². The summed E-state index contributed by atoms with van der Waals surface area (Å²) in [5.74, 6) is 1.14. The first-order valence-electron chi connectivity index (χ1n) is 7.16. The first-order valence-corrected chi connectivity index (χ1v) is 7.53. The smallest absolute Gasteiger partial charge is 0.237 e. The lowest BCUT2D eigenvalue weighted by Crippen LogP contribution is -2.40. The van der Waals surface area contributed by atoms with E-state index in [1.165, 1.54) is 0 Å².